The molecule has 0 aliphatic rings. The Morgan fingerprint density at radius 3 is 2.88 bits per heavy atom. The van der Waals surface area contributed by atoms with Gasteiger partial charge in [-0.15, -0.1) is 0 Å². The predicted octanol–water partition coefficient (Wildman–Crippen LogP) is 3.26. The van der Waals surface area contributed by atoms with Gasteiger partial charge in [-0.05, 0) is 29.8 Å². The van der Waals surface area contributed by atoms with Crippen molar-refractivity contribution in [2.75, 3.05) is 0 Å². The van der Waals surface area contributed by atoms with E-state index in [-0.39, 0.29) is 5.82 Å². The van der Waals surface area contributed by atoms with Crippen LogP contribution in [0.2, 0.25) is 0 Å². The molecule has 5 heteroatoms. The summed E-state index contributed by atoms with van der Waals surface area (Å²) in [5.41, 5.74) is 10.3. The number of hydrogen-bond donors (Lipinski definition) is 0. The van der Waals surface area contributed by atoms with E-state index in [1.54, 1.807) is 0 Å². The van der Waals surface area contributed by atoms with Crippen LogP contribution in [0, 0.1) is 5.82 Å². The van der Waals surface area contributed by atoms with Crippen LogP contribution in [0.4, 0.5) is 10.1 Å². The molecule has 4 nitrogen and oxygen atoms in total. The van der Waals surface area contributed by atoms with Gasteiger partial charge >= 0.3 is 0 Å². The molecule has 0 saturated heterocycles. The zero-order valence-electron chi connectivity index (χ0n) is 9.21. The highest BCUT2D eigenvalue weighted by molar-refractivity contribution is 5.74. The van der Waals surface area contributed by atoms with E-state index in [1.165, 1.54) is 18.2 Å². The zero-order chi connectivity index (χ0) is 12.3. The van der Waals surface area contributed by atoms with Gasteiger partial charge < -0.3 is 0 Å². The van der Waals surface area contributed by atoms with Crippen LogP contribution >= 0.6 is 0 Å². The summed E-state index contributed by atoms with van der Waals surface area (Å²) >= 11 is 0. The average Bonchev–Trinajstić information content (AvgIpc) is 2.32. The summed E-state index contributed by atoms with van der Waals surface area (Å²) in [5, 5.41) is 3.56. The van der Waals surface area contributed by atoms with E-state index in [0.717, 1.165) is 5.56 Å². The molecule has 1 heterocycles. The molecule has 2 aromatic rings. The number of nitrogens with zero attached hydrogens (tertiary/aromatic N) is 4. The van der Waals surface area contributed by atoms with E-state index in [1.807, 2.05) is 36.1 Å². The normalized spacial score (nSPS) is 9.76. The zero-order valence-corrected chi connectivity index (χ0v) is 9.21. The monoisotopic (exact) mass is 229 g/mol. The van der Waals surface area contributed by atoms with Gasteiger partial charge in [-0.1, -0.05) is 5.11 Å². The first-order valence-electron chi connectivity index (χ1n) is 5.01. The molecule has 0 unspecified atom stereocenters. The Kier molecular flexibility index (Phi) is 3.03. The number of hydrogen-bond acceptors (Lipinski definition) is 1. The van der Waals surface area contributed by atoms with Crippen LogP contribution in [0.1, 0.15) is 0 Å². The third-order valence-corrected chi connectivity index (χ3v) is 2.36. The van der Waals surface area contributed by atoms with Crippen LogP contribution in [0.5, 0.6) is 0 Å². The molecule has 1 aromatic carbocycles. The fourth-order valence-corrected chi connectivity index (χ4v) is 1.62. The van der Waals surface area contributed by atoms with Crippen molar-refractivity contribution in [3.05, 3.63) is 59.0 Å². The van der Waals surface area contributed by atoms with Gasteiger partial charge in [0.1, 0.15) is 12.9 Å². The molecule has 0 bridgehead atoms. The summed E-state index contributed by atoms with van der Waals surface area (Å²) in [7, 11) is 1.87. The smallest absolute Gasteiger partial charge is 0.176 e. The van der Waals surface area contributed by atoms with Crippen LogP contribution in [0.3, 0.4) is 0 Å². The second-order valence-electron chi connectivity index (χ2n) is 3.61. The first-order valence-corrected chi connectivity index (χ1v) is 5.01. The van der Waals surface area contributed by atoms with Gasteiger partial charge in [-0.3, -0.25) is 0 Å². The summed E-state index contributed by atoms with van der Waals surface area (Å²) in [6.45, 7) is 0. The summed E-state index contributed by atoms with van der Waals surface area (Å²) in [5.74, 6) is -0.358. The number of benzene rings is 1. The van der Waals surface area contributed by atoms with Crippen molar-refractivity contribution in [1.82, 2.24) is 0 Å². The number of halogens is 1. The molecule has 0 atom stereocenters. The second kappa shape index (κ2) is 4.63. The molecule has 1 aromatic heterocycles. The summed E-state index contributed by atoms with van der Waals surface area (Å²) in [6.07, 6.45) is 3.71. The van der Waals surface area contributed by atoms with Gasteiger partial charge in [0.05, 0.1) is 0 Å². The molecule has 0 spiro atoms. The highest BCUT2D eigenvalue weighted by Crippen LogP contribution is 2.30. The largest absolute Gasteiger partial charge is 0.207 e. The molecule has 0 aliphatic carbocycles. The van der Waals surface area contributed by atoms with E-state index >= 15 is 0 Å². The number of rotatable bonds is 2. The van der Waals surface area contributed by atoms with Crippen molar-refractivity contribution < 1.29 is 8.96 Å². The molecule has 17 heavy (non-hydrogen) atoms. The van der Waals surface area contributed by atoms with Crippen LogP contribution in [-0.2, 0) is 7.05 Å². The standard InChI is InChI=1S/C12H10FN4/c1-17-6-2-3-9(8-17)11-7-10(13)4-5-12(11)15-16-14/h2-8H,1H3/q+1. The van der Waals surface area contributed by atoms with Gasteiger partial charge in [-0.2, -0.15) is 0 Å². The van der Waals surface area contributed by atoms with E-state index in [2.05, 4.69) is 10.0 Å². The molecule has 2 rings (SSSR count). The van der Waals surface area contributed by atoms with Crippen molar-refractivity contribution in [3.8, 4) is 11.1 Å². The number of pyridine rings is 1. The van der Waals surface area contributed by atoms with E-state index in [9.17, 15) is 4.39 Å². The molecule has 84 valence electrons. The van der Waals surface area contributed by atoms with Crippen LogP contribution in [0.25, 0.3) is 21.6 Å². The Morgan fingerprint density at radius 2 is 2.18 bits per heavy atom. The molecule has 0 radical (unpaired) electrons. The van der Waals surface area contributed by atoms with Crippen LogP contribution < -0.4 is 4.57 Å². The first kappa shape index (κ1) is 11.1. The molecule has 0 saturated carbocycles. The lowest BCUT2D eigenvalue weighted by Crippen LogP contribution is -2.26. The quantitative estimate of drug-likeness (QED) is 0.328. The molecule has 0 aliphatic heterocycles. The highest BCUT2D eigenvalue weighted by Gasteiger charge is 2.08. The maximum absolute atomic E-state index is 13.2. The highest BCUT2D eigenvalue weighted by atomic mass is 19.1. The topological polar surface area (TPSA) is 52.6 Å². The minimum absolute atomic E-state index is 0.358. The lowest BCUT2D eigenvalue weighted by Gasteiger charge is -2.03. The van der Waals surface area contributed by atoms with Crippen molar-refractivity contribution in [2.45, 2.75) is 0 Å². The Morgan fingerprint density at radius 1 is 1.35 bits per heavy atom. The predicted molar refractivity (Wildman–Crippen MR) is 61.8 cm³/mol. The summed E-state index contributed by atoms with van der Waals surface area (Å²) in [6, 6.07) is 7.79. The maximum atomic E-state index is 13.2. The third kappa shape index (κ3) is 2.41. The molecule has 0 fully saturated rings. The fraction of sp³-hybridized carbons (Fsp3) is 0.0833. The average molecular weight is 229 g/mol. The van der Waals surface area contributed by atoms with Gasteiger partial charge in [0.15, 0.2) is 12.4 Å². The van der Waals surface area contributed by atoms with Gasteiger partial charge in [0.2, 0.25) is 0 Å². The Balaban J connectivity index is 2.64. The van der Waals surface area contributed by atoms with Gasteiger partial charge in [0, 0.05) is 27.8 Å². The van der Waals surface area contributed by atoms with Crippen molar-refractivity contribution >= 4 is 5.69 Å². The van der Waals surface area contributed by atoms with Crippen molar-refractivity contribution in [1.29, 1.82) is 0 Å². The Hall–Kier alpha value is -2.39. The lowest BCUT2D eigenvalue weighted by atomic mass is 10.1. The first-order chi connectivity index (χ1) is 8.20. The van der Waals surface area contributed by atoms with Crippen molar-refractivity contribution in [3.63, 3.8) is 0 Å². The number of azide groups is 1. The number of aryl methyl sites for hydroxylation is 1. The third-order valence-electron chi connectivity index (χ3n) is 2.36. The van der Waals surface area contributed by atoms with E-state index in [4.69, 9.17) is 5.53 Å². The van der Waals surface area contributed by atoms with E-state index < -0.39 is 0 Å². The van der Waals surface area contributed by atoms with Crippen LogP contribution in [-0.4, -0.2) is 0 Å². The Bertz CT molecular complexity index is 603. The molecule has 0 N–H and O–H groups in total. The Labute approximate surface area is 97.6 Å². The number of aromatic nitrogens is 1. The SMILES string of the molecule is C[n+]1cccc(-c2cc(F)ccc2N=[N+]=[N-])c1. The maximum Gasteiger partial charge on any atom is 0.176 e. The van der Waals surface area contributed by atoms with E-state index in [0.29, 0.717) is 11.3 Å². The van der Waals surface area contributed by atoms with Crippen molar-refractivity contribution in [2.24, 2.45) is 12.2 Å². The summed E-state index contributed by atoms with van der Waals surface area (Å²) in [4.78, 5) is 2.74. The second-order valence-corrected chi connectivity index (χ2v) is 3.61. The minimum Gasteiger partial charge on any atom is -0.207 e. The van der Waals surface area contributed by atoms with Gasteiger partial charge in [-0.25, -0.2) is 8.96 Å². The summed E-state index contributed by atoms with van der Waals surface area (Å²) < 4.78 is 15.1. The lowest BCUT2D eigenvalue weighted by molar-refractivity contribution is -0.671. The molecular formula is C12H10FN4+. The molecular weight excluding hydrogens is 219 g/mol. The minimum atomic E-state index is -0.358. The fourth-order valence-electron chi connectivity index (χ4n) is 1.62. The molecule has 0 amide bonds. The van der Waals surface area contributed by atoms with Crippen LogP contribution in [0.15, 0.2) is 47.8 Å². The van der Waals surface area contributed by atoms with Gasteiger partial charge in [0.25, 0.3) is 0 Å².